The van der Waals surface area contributed by atoms with Gasteiger partial charge in [-0.25, -0.2) is 0 Å². The molecule has 0 radical (unpaired) electrons. The van der Waals surface area contributed by atoms with E-state index in [4.69, 9.17) is 4.98 Å². The Morgan fingerprint density at radius 2 is 1.31 bits per heavy atom. The summed E-state index contributed by atoms with van der Waals surface area (Å²) in [6.07, 6.45) is 5.97. The van der Waals surface area contributed by atoms with E-state index in [2.05, 4.69) is 83.8 Å². The highest BCUT2D eigenvalue weighted by atomic mass is 15.2. The second kappa shape index (κ2) is 6.28. The lowest BCUT2D eigenvalue weighted by atomic mass is 9.85. The van der Waals surface area contributed by atoms with Gasteiger partial charge in [-0.05, 0) is 92.2 Å². The summed E-state index contributed by atoms with van der Waals surface area (Å²) in [6.45, 7) is 0. The normalized spacial score (nSPS) is 14.9. The first kappa shape index (κ1) is 18.2. The third-order valence-electron chi connectivity index (χ3n) is 8.62. The van der Waals surface area contributed by atoms with Crippen LogP contribution in [0.2, 0.25) is 0 Å². The van der Waals surface area contributed by atoms with Crippen molar-refractivity contribution >= 4 is 17.1 Å². The number of hydrogen-bond acceptors (Lipinski definition) is 2. The van der Waals surface area contributed by atoms with Gasteiger partial charge in [-0.2, -0.15) is 0 Å². The molecule has 2 heteroatoms. The van der Waals surface area contributed by atoms with Crippen LogP contribution in [0.3, 0.4) is 0 Å². The van der Waals surface area contributed by atoms with Crippen LogP contribution in [0.1, 0.15) is 44.6 Å². The highest BCUT2D eigenvalue weighted by molar-refractivity contribution is 5.95. The molecule has 9 rings (SSSR count). The number of aromatic nitrogens is 1. The van der Waals surface area contributed by atoms with Crippen LogP contribution in [0.15, 0.2) is 85.1 Å². The molecule has 0 saturated heterocycles. The summed E-state index contributed by atoms with van der Waals surface area (Å²) in [5, 5.41) is 0. The Morgan fingerprint density at radius 3 is 2.29 bits per heavy atom. The molecule has 0 bridgehead atoms. The fourth-order valence-electron chi connectivity index (χ4n) is 7.17. The van der Waals surface area contributed by atoms with E-state index in [1.54, 1.807) is 0 Å². The van der Waals surface area contributed by atoms with E-state index < -0.39 is 0 Å². The number of fused-ring (bicyclic) bond motifs is 12. The summed E-state index contributed by atoms with van der Waals surface area (Å²) in [5.41, 5.74) is 21.1. The second-order valence-electron chi connectivity index (χ2n) is 10.3. The predicted molar refractivity (Wildman–Crippen MR) is 141 cm³/mol. The summed E-state index contributed by atoms with van der Waals surface area (Å²) >= 11 is 0. The zero-order valence-electron chi connectivity index (χ0n) is 19.3. The number of para-hydroxylation sites is 1. The van der Waals surface area contributed by atoms with Crippen molar-refractivity contribution in [1.29, 1.82) is 0 Å². The van der Waals surface area contributed by atoms with E-state index >= 15 is 0 Å². The summed E-state index contributed by atoms with van der Waals surface area (Å²) in [7, 11) is 0. The number of benzene rings is 4. The van der Waals surface area contributed by atoms with Crippen LogP contribution in [0.5, 0.6) is 0 Å². The van der Waals surface area contributed by atoms with Crippen molar-refractivity contribution in [1.82, 2.24) is 4.98 Å². The number of rotatable bonds is 0. The molecule has 0 amide bonds. The molecule has 35 heavy (non-hydrogen) atoms. The topological polar surface area (TPSA) is 16.1 Å². The predicted octanol–water partition coefficient (Wildman–Crippen LogP) is 7.50. The van der Waals surface area contributed by atoms with Gasteiger partial charge in [-0.15, -0.1) is 0 Å². The monoisotopic (exact) mass is 446 g/mol. The van der Waals surface area contributed by atoms with Gasteiger partial charge in [0.15, 0.2) is 0 Å². The molecule has 0 atom stereocenters. The average molecular weight is 447 g/mol. The van der Waals surface area contributed by atoms with Gasteiger partial charge in [-0.3, -0.25) is 4.98 Å². The lowest BCUT2D eigenvalue weighted by Gasteiger charge is -2.39. The van der Waals surface area contributed by atoms with Crippen LogP contribution in [-0.4, -0.2) is 4.98 Å². The van der Waals surface area contributed by atoms with Gasteiger partial charge in [0.25, 0.3) is 0 Å². The Bertz CT molecular complexity index is 1760. The average Bonchev–Trinajstić information content (AvgIpc) is 3.47. The van der Waals surface area contributed by atoms with Gasteiger partial charge in [0.2, 0.25) is 0 Å². The third-order valence-corrected chi connectivity index (χ3v) is 8.62. The molecule has 0 saturated carbocycles. The van der Waals surface area contributed by atoms with Crippen LogP contribution in [0.25, 0.3) is 22.3 Å². The smallest absolute Gasteiger partial charge is 0.0716 e. The van der Waals surface area contributed by atoms with Crippen LogP contribution in [-0.2, 0) is 25.7 Å². The summed E-state index contributed by atoms with van der Waals surface area (Å²) in [5.74, 6) is 0. The minimum Gasteiger partial charge on any atom is -0.308 e. The van der Waals surface area contributed by atoms with Crippen molar-refractivity contribution in [3.05, 3.63) is 130 Å². The molecule has 5 aromatic rings. The maximum atomic E-state index is 4.91. The maximum absolute atomic E-state index is 4.91. The summed E-state index contributed by atoms with van der Waals surface area (Å²) in [6, 6.07) is 29.5. The molecule has 1 aromatic heterocycles. The summed E-state index contributed by atoms with van der Waals surface area (Å²) in [4.78, 5) is 7.41. The SMILES string of the molecule is c1ccc2c(c1)Cc1c-2ccc2c1Cc1ccc3c(c1-2)Cc1nccc2c1N3c1ccccc1C2. The van der Waals surface area contributed by atoms with E-state index in [0.717, 1.165) is 25.7 Å². The van der Waals surface area contributed by atoms with Crippen molar-refractivity contribution in [2.45, 2.75) is 25.7 Å². The Hall–Kier alpha value is -4.17. The lowest BCUT2D eigenvalue weighted by molar-refractivity contribution is 0.961. The number of anilines is 3. The molecular formula is C33H22N2. The van der Waals surface area contributed by atoms with Gasteiger partial charge in [0, 0.05) is 24.7 Å². The Morgan fingerprint density at radius 1 is 0.514 bits per heavy atom. The van der Waals surface area contributed by atoms with Gasteiger partial charge in [0.1, 0.15) is 0 Å². The van der Waals surface area contributed by atoms with Crippen molar-refractivity contribution in [3.63, 3.8) is 0 Å². The fourth-order valence-corrected chi connectivity index (χ4v) is 7.17. The Balaban J connectivity index is 1.29. The maximum Gasteiger partial charge on any atom is 0.0716 e. The molecule has 0 spiro atoms. The van der Waals surface area contributed by atoms with Crippen LogP contribution < -0.4 is 4.90 Å². The lowest BCUT2D eigenvalue weighted by Crippen LogP contribution is -2.25. The molecular weight excluding hydrogens is 424 g/mol. The van der Waals surface area contributed by atoms with Crippen LogP contribution in [0, 0.1) is 0 Å². The first-order valence-electron chi connectivity index (χ1n) is 12.6. The summed E-state index contributed by atoms with van der Waals surface area (Å²) < 4.78 is 0. The zero-order chi connectivity index (χ0) is 22.7. The third kappa shape index (κ3) is 2.23. The van der Waals surface area contributed by atoms with E-state index in [-0.39, 0.29) is 0 Å². The van der Waals surface area contributed by atoms with Gasteiger partial charge in [0.05, 0.1) is 17.1 Å². The molecule has 2 aliphatic carbocycles. The molecule has 2 nitrogen and oxygen atoms in total. The van der Waals surface area contributed by atoms with Crippen molar-refractivity contribution in [2.24, 2.45) is 0 Å². The number of nitrogens with zero attached hydrogens (tertiary/aromatic N) is 2. The van der Waals surface area contributed by atoms with Crippen molar-refractivity contribution in [2.75, 3.05) is 4.90 Å². The molecule has 2 aliphatic heterocycles. The van der Waals surface area contributed by atoms with E-state index in [1.807, 2.05) is 6.20 Å². The fraction of sp³-hybridized carbons (Fsp3) is 0.121. The minimum absolute atomic E-state index is 0.900. The van der Waals surface area contributed by atoms with Gasteiger partial charge in [-0.1, -0.05) is 60.7 Å². The zero-order valence-corrected chi connectivity index (χ0v) is 19.3. The molecule has 164 valence electrons. The quantitative estimate of drug-likeness (QED) is 0.240. The largest absolute Gasteiger partial charge is 0.308 e. The van der Waals surface area contributed by atoms with Crippen molar-refractivity contribution in [3.8, 4) is 22.3 Å². The molecule has 0 unspecified atom stereocenters. The highest BCUT2D eigenvalue weighted by Gasteiger charge is 2.36. The number of pyridine rings is 1. The Labute approximate surface area is 204 Å². The first-order valence-corrected chi connectivity index (χ1v) is 12.6. The van der Waals surface area contributed by atoms with E-state index in [9.17, 15) is 0 Å². The number of hydrogen-bond donors (Lipinski definition) is 0. The molecule has 0 N–H and O–H groups in total. The van der Waals surface area contributed by atoms with Crippen LogP contribution >= 0.6 is 0 Å². The molecule has 0 fully saturated rings. The van der Waals surface area contributed by atoms with Gasteiger partial charge < -0.3 is 4.90 Å². The first-order chi connectivity index (χ1) is 17.3. The molecule has 3 heterocycles. The van der Waals surface area contributed by atoms with Crippen molar-refractivity contribution < 1.29 is 0 Å². The Kier molecular flexibility index (Phi) is 3.27. The van der Waals surface area contributed by atoms with E-state index in [1.165, 1.54) is 84.0 Å². The molecule has 4 aromatic carbocycles. The minimum atomic E-state index is 0.900. The van der Waals surface area contributed by atoms with Crippen LogP contribution in [0.4, 0.5) is 17.1 Å². The van der Waals surface area contributed by atoms with Gasteiger partial charge >= 0.3 is 0 Å². The van der Waals surface area contributed by atoms with E-state index in [0.29, 0.717) is 0 Å². The standard InChI is InChI=1S/C33H22N2/c1-3-7-23-19(5-1)16-26-24(23)10-11-25-27(26)17-21-9-12-31-28(32(21)25)18-29-33-22(13-14-34-29)15-20-6-2-4-8-30(20)35(31)33/h1-14H,15-18H2. The second-order valence-corrected chi connectivity index (χ2v) is 10.3. The molecule has 4 aliphatic rings. The highest BCUT2D eigenvalue weighted by Crippen LogP contribution is 2.55.